The van der Waals surface area contributed by atoms with E-state index in [1.165, 1.54) is 4.68 Å². The SMILES string of the molecule is CC1=C(C(=O)Nc2ccc3cnccc3c2)C(c2ccc(C(F)(F)F)c(F)c2)n2nc(CN)cc2N1. The van der Waals surface area contributed by atoms with Crippen molar-refractivity contribution in [3.63, 3.8) is 0 Å². The number of pyridine rings is 1. The van der Waals surface area contributed by atoms with Gasteiger partial charge in [0.05, 0.1) is 16.8 Å². The number of fused-ring (bicyclic) bond motifs is 2. The Labute approximate surface area is 202 Å². The summed E-state index contributed by atoms with van der Waals surface area (Å²) in [7, 11) is 0. The summed E-state index contributed by atoms with van der Waals surface area (Å²) in [6, 6.07) is 10.4. The van der Waals surface area contributed by atoms with Gasteiger partial charge in [0.2, 0.25) is 0 Å². The summed E-state index contributed by atoms with van der Waals surface area (Å²) in [4.78, 5) is 17.6. The average Bonchev–Trinajstić information content (AvgIpc) is 3.24. The van der Waals surface area contributed by atoms with Crippen LogP contribution in [0.1, 0.15) is 29.8 Å². The summed E-state index contributed by atoms with van der Waals surface area (Å²) >= 11 is 0. The minimum absolute atomic E-state index is 0.0995. The molecule has 0 saturated heterocycles. The molecule has 7 nitrogen and oxygen atoms in total. The van der Waals surface area contributed by atoms with E-state index in [1.807, 2.05) is 0 Å². The zero-order valence-electron chi connectivity index (χ0n) is 18.9. The van der Waals surface area contributed by atoms with E-state index in [0.717, 1.165) is 22.9 Å². The quantitative estimate of drug-likeness (QED) is 0.347. The Kier molecular flexibility index (Phi) is 5.71. The Morgan fingerprint density at radius 3 is 2.67 bits per heavy atom. The number of nitrogens with two attached hydrogens (primary N) is 1. The first-order valence-corrected chi connectivity index (χ1v) is 10.9. The number of anilines is 2. The molecule has 1 aliphatic rings. The fourth-order valence-electron chi connectivity index (χ4n) is 4.31. The van der Waals surface area contributed by atoms with E-state index >= 15 is 0 Å². The van der Waals surface area contributed by atoms with Crippen LogP contribution in [-0.2, 0) is 17.5 Å². The highest BCUT2D eigenvalue weighted by Gasteiger charge is 2.37. The minimum atomic E-state index is -4.85. The number of nitrogens with zero attached hydrogens (tertiary/aromatic N) is 3. The molecule has 11 heteroatoms. The van der Waals surface area contributed by atoms with Gasteiger partial charge in [-0.2, -0.15) is 18.3 Å². The van der Waals surface area contributed by atoms with Crippen LogP contribution in [0.4, 0.5) is 29.1 Å². The maximum atomic E-state index is 14.6. The molecule has 1 unspecified atom stereocenters. The lowest BCUT2D eigenvalue weighted by Gasteiger charge is -2.30. The molecule has 2 aromatic heterocycles. The number of allylic oxidation sites excluding steroid dienone is 1. The summed E-state index contributed by atoms with van der Waals surface area (Å²) in [5.41, 5.74) is 6.08. The zero-order chi connectivity index (χ0) is 25.6. The number of nitrogens with one attached hydrogen (secondary N) is 2. The molecule has 0 aliphatic carbocycles. The second kappa shape index (κ2) is 8.76. The van der Waals surface area contributed by atoms with Crippen LogP contribution in [0.15, 0.2) is 72.2 Å². The summed E-state index contributed by atoms with van der Waals surface area (Å²) in [5.74, 6) is -1.48. The third-order valence-electron chi connectivity index (χ3n) is 5.99. The van der Waals surface area contributed by atoms with Crippen molar-refractivity contribution in [1.29, 1.82) is 0 Å². The summed E-state index contributed by atoms with van der Waals surface area (Å²) < 4.78 is 55.5. The Morgan fingerprint density at radius 2 is 1.94 bits per heavy atom. The van der Waals surface area contributed by atoms with Crippen LogP contribution in [0.2, 0.25) is 0 Å². The van der Waals surface area contributed by atoms with Crippen LogP contribution in [0, 0.1) is 5.82 Å². The van der Waals surface area contributed by atoms with Crippen LogP contribution in [0.3, 0.4) is 0 Å². The van der Waals surface area contributed by atoms with Crippen LogP contribution in [-0.4, -0.2) is 20.7 Å². The number of hydrogen-bond donors (Lipinski definition) is 3. The van der Waals surface area contributed by atoms with Gasteiger partial charge in [0.15, 0.2) is 0 Å². The molecule has 2 aromatic carbocycles. The van der Waals surface area contributed by atoms with E-state index < -0.39 is 29.5 Å². The summed E-state index contributed by atoms with van der Waals surface area (Å²) in [5, 5.41) is 12.1. The third-order valence-corrected chi connectivity index (χ3v) is 5.99. The molecule has 1 atom stereocenters. The van der Waals surface area contributed by atoms with Crippen molar-refractivity contribution in [3.05, 3.63) is 94.8 Å². The lowest BCUT2D eigenvalue weighted by molar-refractivity contribution is -0.140. The normalized spacial score (nSPS) is 15.6. The van der Waals surface area contributed by atoms with Gasteiger partial charge in [0.25, 0.3) is 5.91 Å². The van der Waals surface area contributed by atoms with E-state index in [0.29, 0.717) is 29.0 Å². The van der Waals surface area contributed by atoms with Crippen LogP contribution in [0.25, 0.3) is 10.8 Å². The number of amides is 1. The maximum Gasteiger partial charge on any atom is 0.419 e. The van der Waals surface area contributed by atoms with E-state index in [2.05, 4.69) is 20.7 Å². The largest absolute Gasteiger partial charge is 0.419 e. The number of carbonyl (C=O) groups excluding carboxylic acids is 1. The van der Waals surface area contributed by atoms with Crippen LogP contribution in [0.5, 0.6) is 0 Å². The Bertz CT molecular complexity index is 1520. The molecule has 4 N–H and O–H groups in total. The lowest BCUT2D eigenvalue weighted by atomic mass is 9.93. The molecule has 0 saturated carbocycles. The smallest absolute Gasteiger partial charge is 0.344 e. The fraction of sp³-hybridized carbons (Fsp3) is 0.160. The van der Waals surface area contributed by atoms with Crippen molar-refractivity contribution >= 4 is 28.2 Å². The van der Waals surface area contributed by atoms with Crippen molar-refractivity contribution in [2.24, 2.45) is 5.73 Å². The average molecular weight is 496 g/mol. The predicted octanol–water partition coefficient (Wildman–Crippen LogP) is 4.98. The Morgan fingerprint density at radius 1 is 1.14 bits per heavy atom. The highest BCUT2D eigenvalue weighted by Crippen LogP contribution is 2.39. The molecular weight excluding hydrogens is 476 g/mol. The van der Waals surface area contributed by atoms with Crippen molar-refractivity contribution in [1.82, 2.24) is 14.8 Å². The Balaban J connectivity index is 1.58. The maximum absolute atomic E-state index is 14.6. The molecule has 4 aromatic rings. The minimum Gasteiger partial charge on any atom is -0.344 e. The molecule has 36 heavy (non-hydrogen) atoms. The van der Waals surface area contributed by atoms with Crippen LogP contribution >= 0.6 is 0 Å². The van der Waals surface area contributed by atoms with Gasteiger partial charge in [-0.1, -0.05) is 12.1 Å². The molecule has 0 radical (unpaired) electrons. The third kappa shape index (κ3) is 4.17. The monoisotopic (exact) mass is 496 g/mol. The van der Waals surface area contributed by atoms with Gasteiger partial charge in [0.1, 0.15) is 17.7 Å². The molecule has 0 bridgehead atoms. The fourth-order valence-corrected chi connectivity index (χ4v) is 4.31. The van der Waals surface area contributed by atoms with Crippen molar-refractivity contribution in [3.8, 4) is 0 Å². The van der Waals surface area contributed by atoms with Gasteiger partial charge in [-0.3, -0.25) is 9.78 Å². The van der Waals surface area contributed by atoms with Crippen molar-refractivity contribution in [2.45, 2.75) is 25.7 Å². The number of carbonyl (C=O) groups is 1. The van der Waals surface area contributed by atoms with E-state index in [4.69, 9.17) is 5.73 Å². The second-order valence-corrected chi connectivity index (χ2v) is 8.36. The van der Waals surface area contributed by atoms with Crippen LogP contribution < -0.4 is 16.4 Å². The standard InChI is InChI=1S/C25H20F4N6O/c1-13-22(24(36)33-17-4-2-16-12-31-7-6-14(16)8-17)23(35-21(32-13)10-18(11-30)34-35)15-3-5-19(20(26)9-15)25(27,28)29/h2-10,12,23,32H,11,30H2,1H3,(H,33,36). The number of hydrogen-bond acceptors (Lipinski definition) is 5. The number of halogens is 4. The van der Waals surface area contributed by atoms with Gasteiger partial charge in [0, 0.05) is 41.8 Å². The van der Waals surface area contributed by atoms with Gasteiger partial charge < -0.3 is 16.4 Å². The first-order chi connectivity index (χ1) is 17.2. The molecule has 184 valence electrons. The summed E-state index contributed by atoms with van der Waals surface area (Å²) in [6.45, 7) is 1.76. The molecule has 0 fully saturated rings. The van der Waals surface area contributed by atoms with E-state index in [-0.39, 0.29) is 17.7 Å². The number of alkyl halides is 3. The first-order valence-electron chi connectivity index (χ1n) is 10.9. The summed E-state index contributed by atoms with van der Waals surface area (Å²) in [6.07, 6.45) is -1.52. The molecule has 3 heterocycles. The van der Waals surface area contributed by atoms with E-state index in [1.54, 1.807) is 49.6 Å². The highest BCUT2D eigenvalue weighted by atomic mass is 19.4. The first kappa shape index (κ1) is 23.5. The highest BCUT2D eigenvalue weighted by molar-refractivity contribution is 6.06. The Hall–Kier alpha value is -4.25. The molecule has 1 aliphatic heterocycles. The lowest BCUT2D eigenvalue weighted by Crippen LogP contribution is -2.31. The van der Waals surface area contributed by atoms with Crippen molar-refractivity contribution < 1.29 is 22.4 Å². The van der Waals surface area contributed by atoms with Gasteiger partial charge in [-0.05, 0) is 48.2 Å². The number of rotatable bonds is 4. The molecule has 0 spiro atoms. The topological polar surface area (TPSA) is 97.9 Å². The second-order valence-electron chi connectivity index (χ2n) is 8.36. The molecule has 5 rings (SSSR count). The molecular formula is C25H20F4N6O. The predicted molar refractivity (Wildman–Crippen MR) is 126 cm³/mol. The van der Waals surface area contributed by atoms with E-state index in [9.17, 15) is 22.4 Å². The van der Waals surface area contributed by atoms with Gasteiger partial charge in [-0.15, -0.1) is 0 Å². The number of benzene rings is 2. The zero-order valence-corrected chi connectivity index (χ0v) is 18.9. The molecule has 1 amide bonds. The number of aromatic nitrogens is 3. The van der Waals surface area contributed by atoms with Crippen molar-refractivity contribution in [2.75, 3.05) is 10.6 Å². The van der Waals surface area contributed by atoms with Gasteiger partial charge in [-0.25, -0.2) is 9.07 Å². The van der Waals surface area contributed by atoms with Gasteiger partial charge >= 0.3 is 6.18 Å².